The van der Waals surface area contributed by atoms with Crippen molar-refractivity contribution in [2.24, 2.45) is 0 Å². The van der Waals surface area contributed by atoms with Gasteiger partial charge in [0.1, 0.15) is 11.6 Å². The van der Waals surface area contributed by atoms with Crippen molar-refractivity contribution in [2.75, 3.05) is 20.3 Å². The molecule has 0 unspecified atom stereocenters. The van der Waals surface area contributed by atoms with Crippen molar-refractivity contribution in [3.8, 4) is 25.7 Å². The molecule has 0 aliphatic rings. The fourth-order valence-corrected chi connectivity index (χ4v) is 0.932. The van der Waals surface area contributed by atoms with E-state index in [1.807, 2.05) is 20.8 Å². The monoisotopic (exact) mass is 371 g/mol. The van der Waals surface area contributed by atoms with Crippen LogP contribution in [0.3, 0.4) is 0 Å². The molecule has 0 atom stereocenters. The van der Waals surface area contributed by atoms with Gasteiger partial charge in [-0.1, -0.05) is 0 Å². The summed E-state index contributed by atoms with van der Waals surface area (Å²) < 4.78 is 29.3. The largest absolute Gasteiger partial charge is 0.396 e. The third-order valence-electron chi connectivity index (χ3n) is 2.18. The van der Waals surface area contributed by atoms with Crippen LogP contribution in [0.1, 0.15) is 32.8 Å². The molecule has 0 saturated heterocycles. The predicted octanol–water partition coefficient (Wildman–Crippen LogP) is 3.32. The highest BCUT2D eigenvalue weighted by atomic mass is 19.1. The van der Waals surface area contributed by atoms with E-state index in [-0.39, 0.29) is 12.2 Å². The van der Waals surface area contributed by atoms with Crippen LogP contribution in [0.4, 0.5) is 8.78 Å². The molecular formula is C20H31F2NO3. The molecule has 0 heterocycles. The highest BCUT2D eigenvalue weighted by molar-refractivity contribution is 5.45. The minimum absolute atomic E-state index is 0.0417. The lowest BCUT2D eigenvalue weighted by Crippen LogP contribution is -2.15. The predicted molar refractivity (Wildman–Crippen MR) is 103 cm³/mol. The average molecular weight is 371 g/mol. The van der Waals surface area contributed by atoms with E-state index in [0.717, 1.165) is 6.07 Å². The van der Waals surface area contributed by atoms with E-state index in [0.29, 0.717) is 24.9 Å². The van der Waals surface area contributed by atoms with Gasteiger partial charge in [-0.15, -0.1) is 25.7 Å². The van der Waals surface area contributed by atoms with Gasteiger partial charge in [-0.3, -0.25) is 4.79 Å². The van der Waals surface area contributed by atoms with Crippen molar-refractivity contribution in [3.63, 3.8) is 0 Å². The van der Waals surface area contributed by atoms with Gasteiger partial charge in [0.25, 0.3) is 0 Å². The van der Waals surface area contributed by atoms with Crippen molar-refractivity contribution in [1.82, 2.24) is 5.32 Å². The Kier molecular flexibility index (Phi) is 27.3. The molecule has 6 heteroatoms. The summed E-state index contributed by atoms with van der Waals surface area (Å²) in [5.74, 6) is -1.04. The fraction of sp³-hybridized carbons (Fsp3) is 0.450. The van der Waals surface area contributed by atoms with Gasteiger partial charge >= 0.3 is 0 Å². The second kappa shape index (κ2) is 22.6. The molecule has 4 nitrogen and oxygen atoms in total. The standard InChI is InChI=1S/C7H6F2.C5H12O.C4H9NO2.2C2H2/c1-5-2-6(8)4-7(9)3-5;1-5(2,3)6-4;6-3-1-2-5-4-7;2*1-2/h2-4H,1H3;1-4H3;4,6H,1-3H2,(H,5,7);2*1-2H. The second-order valence-corrected chi connectivity index (χ2v) is 5.41. The molecule has 148 valence electrons. The van der Waals surface area contributed by atoms with Gasteiger partial charge in [0.15, 0.2) is 0 Å². The molecule has 1 amide bonds. The first-order chi connectivity index (χ1) is 12.2. The van der Waals surface area contributed by atoms with Crippen LogP contribution >= 0.6 is 0 Å². The van der Waals surface area contributed by atoms with Gasteiger partial charge in [0.05, 0.1) is 5.60 Å². The van der Waals surface area contributed by atoms with E-state index in [1.54, 1.807) is 14.0 Å². The lowest BCUT2D eigenvalue weighted by atomic mass is 10.2. The van der Waals surface area contributed by atoms with E-state index in [1.165, 1.54) is 12.1 Å². The van der Waals surface area contributed by atoms with Crippen molar-refractivity contribution in [3.05, 3.63) is 35.4 Å². The first kappa shape index (κ1) is 31.4. The molecule has 26 heavy (non-hydrogen) atoms. The number of aryl methyl sites for hydroxylation is 1. The first-order valence-electron chi connectivity index (χ1n) is 7.58. The minimum atomic E-state index is -0.521. The topological polar surface area (TPSA) is 58.6 Å². The molecule has 0 radical (unpaired) electrons. The van der Waals surface area contributed by atoms with Crippen LogP contribution in [0.2, 0.25) is 0 Å². The molecule has 0 fully saturated rings. The Morgan fingerprint density at radius 3 is 1.73 bits per heavy atom. The van der Waals surface area contributed by atoms with Crippen LogP contribution in [0.25, 0.3) is 0 Å². The molecule has 0 saturated carbocycles. The van der Waals surface area contributed by atoms with E-state index in [4.69, 9.17) is 9.84 Å². The minimum Gasteiger partial charge on any atom is -0.396 e. The van der Waals surface area contributed by atoms with Gasteiger partial charge in [-0.25, -0.2) is 8.78 Å². The third-order valence-corrected chi connectivity index (χ3v) is 2.18. The van der Waals surface area contributed by atoms with Gasteiger partial charge in [-0.05, 0) is 51.8 Å². The SMILES string of the molecule is C#C.C#C.COC(C)(C)C.Cc1cc(F)cc(F)c1.O=CNCCCO. The maximum Gasteiger partial charge on any atom is 0.207 e. The Balaban J connectivity index is -0.000000130. The normalized spacial score (nSPS) is 8.46. The number of halogens is 2. The number of hydrogen-bond acceptors (Lipinski definition) is 3. The highest BCUT2D eigenvalue weighted by Gasteiger charge is 2.04. The summed E-state index contributed by atoms with van der Waals surface area (Å²) in [5, 5.41) is 10.5. The zero-order valence-corrected chi connectivity index (χ0v) is 16.3. The van der Waals surface area contributed by atoms with Crippen LogP contribution in [-0.4, -0.2) is 37.4 Å². The molecule has 0 spiro atoms. The lowest BCUT2D eigenvalue weighted by Gasteiger charge is -2.14. The van der Waals surface area contributed by atoms with Gasteiger partial charge in [0, 0.05) is 26.3 Å². The molecule has 0 aliphatic heterocycles. The fourth-order valence-electron chi connectivity index (χ4n) is 0.932. The summed E-state index contributed by atoms with van der Waals surface area (Å²) in [6.07, 6.45) is 17.3. The molecule has 2 N–H and O–H groups in total. The van der Waals surface area contributed by atoms with Crippen LogP contribution in [0.15, 0.2) is 18.2 Å². The number of rotatable bonds is 4. The summed E-state index contributed by atoms with van der Waals surface area (Å²) in [4.78, 5) is 9.49. The quantitative estimate of drug-likeness (QED) is 0.485. The summed E-state index contributed by atoms with van der Waals surface area (Å²) in [7, 11) is 1.71. The number of carbonyl (C=O) groups excluding carboxylic acids is 1. The Morgan fingerprint density at radius 1 is 1.12 bits per heavy atom. The Labute approximate surface area is 157 Å². The van der Waals surface area contributed by atoms with Crippen LogP contribution in [0.5, 0.6) is 0 Å². The number of benzene rings is 1. The summed E-state index contributed by atoms with van der Waals surface area (Å²) in [6.45, 7) is 8.42. The third kappa shape index (κ3) is 33.3. The van der Waals surface area contributed by atoms with Crippen molar-refractivity contribution in [1.29, 1.82) is 0 Å². The number of methoxy groups -OCH3 is 1. The van der Waals surface area contributed by atoms with Crippen LogP contribution < -0.4 is 5.32 Å². The van der Waals surface area contributed by atoms with Crippen LogP contribution in [0, 0.1) is 44.3 Å². The van der Waals surface area contributed by atoms with E-state index in [2.05, 4.69) is 31.0 Å². The highest BCUT2D eigenvalue weighted by Crippen LogP contribution is 2.05. The summed E-state index contributed by atoms with van der Waals surface area (Å²) >= 11 is 0. The molecule has 1 aromatic carbocycles. The smallest absolute Gasteiger partial charge is 0.207 e. The molecular weight excluding hydrogens is 340 g/mol. The lowest BCUT2D eigenvalue weighted by molar-refractivity contribution is -0.109. The van der Waals surface area contributed by atoms with Gasteiger partial charge < -0.3 is 15.2 Å². The molecule has 0 bridgehead atoms. The van der Waals surface area contributed by atoms with E-state index < -0.39 is 11.6 Å². The zero-order chi connectivity index (χ0) is 21.6. The molecule has 1 rings (SSSR count). The number of ether oxygens (including phenoxy) is 1. The number of hydrogen-bond donors (Lipinski definition) is 2. The van der Waals surface area contributed by atoms with E-state index in [9.17, 15) is 13.6 Å². The van der Waals surface area contributed by atoms with Crippen LogP contribution in [-0.2, 0) is 9.53 Å². The number of terminal acetylenes is 2. The van der Waals surface area contributed by atoms with Gasteiger partial charge in [-0.2, -0.15) is 0 Å². The van der Waals surface area contributed by atoms with Crippen molar-refractivity contribution >= 4 is 6.41 Å². The number of aliphatic hydroxyl groups is 1. The first-order valence-corrected chi connectivity index (χ1v) is 7.58. The van der Waals surface area contributed by atoms with Crippen molar-refractivity contribution < 1.29 is 23.4 Å². The summed E-state index contributed by atoms with van der Waals surface area (Å²) in [6, 6.07) is 3.42. The number of nitrogens with one attached hydrogen (secondary N) is 1. The molecule has 0 aliphatic carbocycles. The Morgan fingerprint density at radius 2 is 1.50 bits per heavy atom. The Bertz CT molecular complexity index is 424. The maximum atomic E-state index is 12.2. The molecule has 1 aromatic rings. The van der Waals surface area contributed by atoms with E-state index >= 15 is 0 Å². The summed E-state index contributed by atoms with van der Waals surface area (Å²) in [5.41, 5.74) is 0.646. The number of amides is 1. The maximum absolute atomic E-state index is 12.2. The zero-order valence-electron chi connectivity index (χ0n) is 16.3. The second-order valence-electron chi connectivity index (χ2n) is 5.41. The number of aliphatic hydroxyl groups excluding tert-OH is 1. The number of carbonyl (C=O) groups is 1. The Hall–Kier alpha value is -2.41. The molecule has 0 aromatic heterocycles. The average Bonchev–Trinajstić information content (AvgIpc) is 2.58. The van der Waals surface area contributed by atoms with Crippen molar-refractivity contribution in [2.45, 2.75) is 39.7 Å². The van der Waals surface area contributed by atoms with Gasteiger partial charge in [0.2, 0.25) is 6.41 Å².